The zero-order valence-electron chi connectivity index (χ0n) is 11.9. The molecular formula is C18H15N3O. The minimum atomic E-state index is -0.0142. The predicted octanol–water partition coefficient (Wildman–Crippen LogP) is 3.83. The number of benzene rings is 2. The van der Waals surface area contributed by atoms with Crippen LogP contribution < -0.4 is 5.32 Å². The topological polar surface area (TPSA) is 60.7 Å². The Kier molecular flexibility index (Phi) is 2.93. The van der Waals surface area contributed by atoms with Crippen LogP contribution in [-0.4, -0.2) is 15.9 Å². The monoisotopic (exact) mass is 289 g/mol. The highest BCUT2D eigenvalue weighted by Gasteiger charge is 2.09. The van der Waals surface area contributed by atoms with E-state index in [0.29, 0.717) is 6.42 Å². The van der Waals surface area contributed by atoms with Gasteiger partial charge in [0.25, 0.3) is 0 Å². The van der Waals surface area contributed by atoms with E-state index in [1.54, 1.807) is 0 Å². The number of aromatic nitrogens is 2. The second kappa shape index (κ2) is 5.07. The minimum Gasteiger partial charge on any atom is -0.361 e. The summed E-state index contributed by atoms with van der Waals surface area (Å²) >= 11 is 0. The van der Waals surface area contributed by atoms with Crippen LogP contribution in [0.3, 0.4) is 0 Å². The third kappa shape index (κ3) is 2.24. The number of carbonyl (C=O) groups is 1. The van der Waals surface area contributed by atoms with E-state index in [2.05, 4.69) is 15.3 Å². The van der Waals surface area contributed by atoms with Crippen LogP contribution >= 0.6 is 0 Å². The van der Waals surface area contributed by atoms with Crippen molar-refractivity contribution in [1.82, 2.24) is 9.97 Å². The zero-order chi connectivity index (χ0) is 14.9. The minimum absolute atomic E-state index is 0.0142. The van der Waals surface area contributed by atoms with E-state index in [-0.39, 0.29) is 5.91 Å². The fraction of sp³-hybridized carbons (Fsp3) is 0.0556. The van der Waals surface area contributed by atoms with Crippen LogP contribution in [0.4, 0.5) is 5.69 Å². The van der Waals surface area contributed by atoms with Gasteiger partial charge in [0.1, 0.15) is 0 Å². The van der Waals surface area contributed by atoms with Crippen LogP contribution in [0.1, 0.15) is 5.56 Å². The van der Waals surface area contributed by atoms with Gasteiger partial charge in [0.2, 0.25) is 5.91 Å². The maximum atomic E-state index is 12.3. The molecule has 0 aliphatic heterocycles. The van der Waals surface area contributed by atoms with E-state index in [4.69, 9.17) is 0 Å². The lowest BCUT2D eigenvalue weighted by atomic mass is 10.1. The van der Waals surface area contributed by atoms with Crippen LogP contribution in [0.5, 0.6) is 0 Å². The smallest absolute Gasteiger partial charge is 0.228 e. The molecule has 4 rings (SSSR count). The highest BCUT2D eigenvalue weighted by Crippen LogP contribution is 2.20. The molecule has 0 spiro atoms. The molecule has 0 radical (unpaired) electrons. The predicted molar refractivity (Wildman–Crippen MR) is 88.9 cm³/mol. The maximum absolute atomic E-state index is 12.3. The molecule has 4 heteroatoms. The third-order valence-electron chi connectivity index (χ3n) is 3.86. The van der Waals surface area contributed by atoms with E-state index in [9.17, 15) is 4.79 Å². The Labute approximate surface area is 127 Å². The van der Waals surface area contributed by atoms with Crippen LogP contribution in [-0.2, 0) is 11.2 Å². The Balaban J connectivity index is 1.54. The molecule has 0 unspecified atom stereocenters. The Bertz CT molecular complexity index is 964. The van der Waals surface area contributed by atoms with Crippen LogP contribution in [0.15, 0.2) is 60.9 Å². The van der Waals surface area contributed by atoms with Crippen molar-refractivity contribution in [3.63, 3.8) is 0 Å². The average molecular weight is 289 g/mol. The molecule has 0 atom stereocenters. The molecule has 3 N–H and O–H groups in total. The molecule has 2 aromatic carbocycles. The lowest BCUT2D eigenvalue weighted by Crippen LogP contribution is -2.14. The molecule has 2 heterocycles. The number of aromatic amines is 2. The fourth-order valence-corrected chi connectivity index (χ4v) is 2.79. The molecule has 2 aromatic heterocycles. The second-order valence-electron chi connectivity index (χ2n) is 5.36. The van der Waals surface area contributed by atoms with Gasteiger partial charge in [0, 0.05) is 39.9 Å². The van der Waals surface area contributed by atoms with E-state index in [1.807, 2.05) is 60.9 Å². The molecule has 0 fully saturated rings. The van der Waals surface area contributed by atoms with Gasteiger partial charge >= 0.3 is 0 Å². The summed E-state index contributed by atoms with van der Waals surface area (Å²) in [7, 11) is 0. The van der Waals surface area contributed by atoms with Gasteiger partial charge < -0.3 is 15.3 Å². The van der Waals surface area contributed by atoms with Gasteiger partial charge in [-0.05, 0) is 35.9 Å². The van der Waals surface area contributed by atoms with Crippen molar-refractivity contribution in [3.05, 3.63) is 66.5 Å². The Hall–Kier alpha value is -3.01. The van der Waals surface area contributed by atoms with Gasteiger partial charge in [0.15, 0.2) is 0 Å². The number of hydrogen-bond donors (Lipinski definition) is 3. The molecular weight excluding hydrogens is 274 g/mol. The normalized spacial score (nSPS) is 11.1. The summed E-state index contributed by atoms with van der Waals surface area (Å²) in [5.41, 5.74) is 3.95. The quantitative estimate of drug-likeness (QED) is 0.527. The average Bonchev–Trinajstić information content (AvgIpc) is 3.14. The van der Waals surface area contributed by atoms with Crippen molar-refractivity contribution >= 4 is 33.4 Å². The van der Waals surface area contributed by atoms with E-state index in [0.717, 1.165) is 33.1 Å². The van der Waals surface area contributed by atoms with Gasteiger partial charge in [0.05, 0.1) is 6.42 Å². The number of anilines is 1. The van der Waals surface area contributed by atoms with E-state index < -0.39 is 0 Å². The summed E-state index contributed by atoms with van der Waals surface area (Å²) in [6.07, 6.45) is 4.15. The summed E-state index contributed by atoms with van der Waals surface area (Å²) in [5.74, 6) is -0.0142. The Morgan fingerprint density at radius 3 is 2.86 bits per heavy atom. The number of H-pyrrole nitrogens is 2. The summed E-state index contributed by atoms with van der Waals surface area (Å²) in [6.45, 7) is 0. The second-order valence-corrected chi connectivity index (χ2v) is 5.36. The number of amides is 1. The molecule has 0 aliphatic rings. The number of nitrogens with one attached hydrogen (secondary N) is 3. The molecule has 0 bridgehead atoms. The number of para-hydroxylation sites is 1. The SMILES string of the molecule is O=C(Cc1c[nH]c2ccccc12)Nc1ccc2[nH]ccc2c1. The number of carbonyl (C=O) groups excluding carboxylic acids is 1. The molecule has 0 saturated carbocycles. The van der Waals surface area contributed by atoms with Gasteiger partial charge in [-0.1, -0.05) is 18.2 Å². The lowest BCUT2D eigenvalue weighted by Gasteiger charge is -2.05. The van der Waals surface area contributed by atoms with Crippen molar-refractivity contribution in [1.29, 1.82) is 0 Å². The van der Waals surface area contributed by atoms with Gasteiger partial charge in [-0.2, -0.15) is 0 Å². The highest BCUT2D eigenvalue weighted by atomic mass is 16.1. The first-order valence-electron chi connectivity index (χ1n) is 7.21. The molecule has 0 aliphatic carbocycles. The van der Waals surface area contributed by atoms with Crippen molar-refractivity contribution in [2.45, 2.75) is 6.42 Å². The Morgan fingerprint density at radius 1 is 1.00 bits per heavy atom. The zero-order valence-corrected chi connectivity index (χ0v) is 11.9. The summed E-state index contributed by atoms with van der Waals surface area (Å²) in [6, 6.07) is 15.8. The number of fused-ring (bicyclic) bond motifs is 2. The molecule has 0 saturated heterocycles. The number of hydrogen-bond acceptors (Lipinski definition) is 1. The first-order valence-corrected chi connectivity index (χ1v) is 7.21. The molecule has 1 amide bonds. The van der Waals surface area contributed by atoms with Crippen LogP contribution in [0.2, 0.25) is 0 Å². The van der Waals surface area contributed by atoms with Crippen LogP contribution in [0, 0.1) is 0 Å². The van der Waals surface area contributed by atoms with E-state index in [1.165, 1.54) is 0 Å². The van der Waals surface area contributed by atoms with Crippen molar-refractivity contribution in [3.8, 4) is 0 Å². The van der Waals surface area contributed by atoms with E-state index >= 15 is 0 Å². The number of rotatable bonds is 3. The summed E-state index contributed by atoms with van der Waals surface area (Å²) < 4.78 is 0. The lowest BCUT2D eigenvalue weighted by molar-refractivity contribution is -0.115. The fourth-order valence-electron chi connectivity index (χ4n) is 2.79. The van der Waals surface area contributed by atoms with Crippen molar-refractivity contribution in [2.75, 3.05) is 5.32 Å². The van der Waals surface area contributed by atoms with Gasteiger partial charge in [-0.15, -0.1) is 0 Å². The highest BCUT2D eigenvalue weighted by molar-refractivity contribution is 5.97. The maximum Gasteiger partial charge on any atom is 0.228 e. The first kappa shape index (κ1) is 12.7. The van der Waals surface area contributed by atoms with Crippen molar-refractivity contribution < 1.29 is 4.79 Å². The summed E-state index contributed by atoms with van der Waals surface area (Å²) in [5, 5.41) is 5.14. The third-order valence-corrected chi connectivity index (χ3v) is 3.86. The van der Waals surface area contributed by atoms with Gasteiger partial charge in [-0.3, -0.25) is 4.79 Å². The van der Waals surface area contributed by atoms with Gasteiger partial charge in [-0.25, -0.2) is 0 Å². The molecule has 4 nitrogen and oxygen atoms in total. The van der Waals surface area contributed by atoms with Crippen LogP contribution in [0.25, 0.3) is 21.8 Å². The molecule has 108 valence electrons. The molecule has 4 aromatic rings. The largest absolute Gasteiger partial charge is 0.361 e. The molecule has 22 heavy (non-hydrogen) atoms. The first-order chi connectivity index (χ1) is 10.8. The van der Waals surface area contributed by atoms with Crippen molar-refractivity contribution in [2.24, 2.45) is 0 Å². The summed E-state index contributed by atoms with van der Waals surface area (Å²) in [4.78, 5) is 18.6. The Morgan fingerprint density at radius 2 is 1.91 bits per heavy atom. The standard InChI is InChI=1S/C18H15N3O/c22-18(10-13-11-20-17-4-2-1-3-15(13)17)21-14-5-6-16-12(9-14)7-8-19-16/h1-9,11,19-20H,10H2,(H,21,22).